The lowest BCUT2D eigenvalue weighted by atomic mass is 10.1. The average Bonchev–Trinajstić information content (AvgIpc) is 2.58. The Balaban J connectivity index is 2.23. The number of carbonyl (C=O) groups excluding carboxylic acids is 1. The molecule has 0 fully saturated rings. The van der Waals surface area contributed by atoms with E-state index >= 15 is 0 Å². The van der Waals surface area contributed by atoms with Crippen LogP contribution in [0.15, 0.2) is 42.5 Å². The molecule has 2 aromatic rings. The summed E-state index contributed by atoms with van der Waals surface area (Å²) < 4.78 is 5.04. The van der Waals surface area contributed by atoms with Crippen LogP contribution in [0.25, 0.3) is 0 Å². The van der Waals surface area contributed by atoms with Crippen LogP contribution in [0.2, 0.25) is 0 Å². The van der Waals surface area contributed by atoms with Gasteiger partial charge in [-0.2, -0.15) is 5.26 Å². The number of rotatable bonds is 6. The molecule has 0 aromatic heterocycles. The Morgan fingerprint density at radius 3 is 2.50 bits per heavy atom. The molecule has 0 atom stereocenters. The largest absolute Gasteiger partial charge is 0.508 e. The molecule has 2 rings (SSSR count). The maximum atomic E-state index is 12.7. The molecule has 6 nitrogen and oxygen atoms in total. The molecule has 0 unspecified atom stereocenters. The zero-order chi connectivity index (χ0) is 17.5. The summed E-state index contributed by atoms with van der Waals surface area (Å²) in [7, 11) is 1.54. The van der Waals surface area contributed by atoms with E-state index in [0.29, 0.717) is 25.3 Å². The van der Waals surface area contributed by atoms with Gasteiger partial charge in [-0.3, -0.25) is 4.79 Å². The highest BCUT2D eigenvalue weighted by Gasteiger charge is 2.19. The zero-order valence-corrected chi connectivity index (χ0v) is 13.3. The molecular weight excluding hydrogens is 308 g/mol. The molecule has 0 aliphatic heterocycles. The minimum atomic E-state index is -0.367. The summed E-state index contributed by atoms with van der Waals surface area (Å²) >= 11 is 0. The van der Waals surface area contributed by atoms with Gasteiger partial charge >= 0.3 is 0 Å². The van der Waals surface area contributed by atoms with Crippen molar-refractivity contribution in [2.45, 2.75) is 6.54 Å². The molecule has 1 amide bonds. The maximum absolute atomic E-state index is 12.7. The van der Waals surface area contributed by atoms with E-state index in [-0.39, 0.29) is 23.0 Å². The van der Waals surface area contributed by atoms with E-state index < -0.39 is 0 Å². The highest BCUT2D eigenvalue weighted by atomic mass is 16.5. The molecule has 24 heavy (non-hydrogen) atoms. The normalized spacial score (nSPS) is 10.2. The van der Waals surface area contributed by atoms with Gasteiger partial charge in [0.25, 0.3) is 5.91 Å². The second-order valence-corrected chi connectivity index (χ2v) is 5.23. The summed E-state index contributed by atoms with van der Waals surface area (Å²) in [6, 6.07) is 12.8. The predicted molar refractivity (Wildman–Crippen MR) is 87.5 cm³/mol. The first kappa shape index (κ1) is 17.3. The van der Waals surface area contributed by atoms with Crippen molar-refractivity contribution < 1.29 is 19.7 Å². The summed E-state index contributed by atoms with van der Waals surface area (Å²) in [5, 5.41) is 28.1. The molecule has 124 valence electrons. The second-order valence-electron chi connectivity index (χ2n) is 5.23. The van der Waals surface area contributed by atoms with Crippen molar-refractivity contribution in [3.05, 3.63) is 59.2 Å². The molecule has 2 N–H and O–H groups in total. The van der Waals surface area contributed by atoms with Crippen molar-refractivity contribution >= 4 is 5.91 Å². The van der Waals surface area contributed by atoms with Gasteiger partial charge in [0.15, 0.2) is 0 Å². The van der Waals surface area contributed by atoms with Gasteiger partial charge in [0.1, 0.15) is 11.5 Å². The molecule has 0 radical (unpaired) electrons. The van der Waals surface area contributed by atoms with Gasteiger partial charge in [0.2, 0.25) is 0 Å². The van der Waals surface area contributed by atoms with E-state index in [1.165, 1.54) is 17.0 Å². The van der Waals surface area contributed by atoms with Crippen molar-refractivity contribution in [3.63, 3.8) is 0 Å². The Labute approximate surface area is 140 Å². The lowest BCUT2D eigenvalue weighted by Gasteiger charge is -2.23. The van der Waals surface area contributed by atoms with Crippen molar-refractivity contribution in [2.75, 3.05) is 20.3 Å². The number of benzene rings is 2. The molecule has 0 saturated carbocycles. The fraction of sp³-hybridized carbons (Fsp3) is 0.222. The van der Waals surface area contributed by atoms with E-state index in [1.807, 2.05) is 6.07 Å². The summed E-state index contributed by atoms with van der Waals surface area (Å²) in [4.78, 5) is 14.2. The molecule has 0 saturated heterocycles. The zero-order valence-electron chi connectivity index (χ0n) is 13.3. The molecule has 0 aliphatic carbocycles. The lowest BCUT2D eigenvalue weighted by Crippen LogP contribution is -2.33. The number of nitrogens with zero attached hydrogens (tertiary/aromatic N) is 2. The van der Waals surface area contributed by atoms with E-state index in [9.17, 15) is 15.0 Å². The van der Waals surface area contributed by atoms with Crippen LogP contribution >= 0.6 is 0 Å². The van der Waals surface area contributed by atoms with Gasteiger partial charge in [-0.25, -0.2) is 0 Å². The number of phenolic OH excluding ortho intramolecular Hbond substituents is 2. The van der Waals surface area contributed by atoms with Crippen LogP contribution in [-0.4, -0.2) is 41.3 Å². The molecule has 0 heterocycles. The van der Waals surface area contributed by atoms with Gasteiger partial charge in [0.05, 0.1) is 23.8 Å². The first-order valence-corrected chi connectivity index (χ1v) is 7.34. The van der Waals surface area contributed by atoms with E-state index in [2.05, 4.69) is 0 Å². The number of aromatic hydroxyl groups is 2. The SMILES string of the molecule is COCCN(Cc1ccc(C#N)cc1)C(=O)c1ccc(O)cc1O. The number of carbonyl (C=O) groups is 1. The predicted octanol–water partition coefficient (Wildman–Crippen LogP) is 2.26. The van der Waals surface area contributed by atoms with Crippen LogP contribution in [0, 0.1) is 11.3 Å². The van der Waals surface area contributed by atoms with Gasteiger partial charge in [-0.05, 0) is 29.8 Å². The Morgan fingerprint density at radius 2 is 1.92 bits per heavy atom. The second kappa shape index (κ2) is 7.99. The van der Waals surface area contributed by atoms with Crippen LogP contribution in [0.4, 0.5) is 0 Å². The Morgan fingerprint density at radius 1 is 1.21 bits per heavy atom. The molecule has 0 spiro atoms. The Hall–Kier alpha value is -3.04. The number of amides is 1. The van der Waals surface area contributed by atoms with Crippen LogP contribution in [0.3, 0.4) is 0 Å². The molecule has 0 aliphatic rings. The minimum absolute atomic E-state index is 0.109. The quantitative estimate of drug-likeness (QED) is 0.849. The average molecular weight is 326 g/mol. The molecule has 6 heteroatoms. The fourth-order valence-corrected chi connectivity index (χ4v) is 2.23. The van der Waals surface area contributed by atoms with E-state index in [4.69, 9.17) is 10.00 Å². The minimum Gasteiger partial charge on any atom is -0.508 e. The summed E-state index contributed by atoms with van der Waals surface area (Å²) in [5.41, 5.74) is 1.51. The smallest absolute Gasteiger partial charge is 0.257 e. The molecular formula is C18H18N2O4. The number of ether oxygens (including phenoxy) is 1. The third-order valence-electron chi connectivity index (χ3n) is 3.52. The lowest BCUT2D eigenvalue weighted by molar-refractivity contribution is 0.0677. The van der Waals surface area contributed by atoms with Crippen LogP contribution < -0.4 is 0 Å². The number of methoxy groups -OCH3 is 1. The van der Waals surface area contributed by atoms with E-state index in [1.54, 1.807) is 31.4 Å². The van der Waals surface area contributed by atoms with Crippen LogP contribution in [-0.2, 0) is 11.3 Å². The van der Waals surface area contributed by atoms with Gasteiger partial charge in [-0.1, -0.05) is 12.1 Å². The number of nitriles is 1. The van der Waals surface area contributed by atoms with Crippen molar-refractivity contribution in [1.29, 1.82) is 5.26 Å². The van der Waals surface area contributed by atoms with Crippen molar-refractivity contribution in [2.24, 2.45) is 0 Å². The van der Waals surface area contributed by atoms with E-state index in [0.717, 1.165) is 11.6 Å². The highest BCUT2D eigenvalue weighted by Crippen LogP contribution is 2.24. The summed E-state index contributed by atoms with van der Waals surface area (Å²) in [5.74, 6) is -0.754. The standard InChI is InChI=1S/C18H18N2O4/c1-24-9-8-20(12-14-4-2-13(11-19)3-5-14)18(23)16-7-6-15(21)10-17(16)22/h2-7,10,21-22H,8-9,12H2,1H3. The van der Waals surface area contributed by atoms with Crippen LogP contribution in [0.1, 0.15) is 21.5 Å². The number of hydrogen-bond donors (Lipinski definition) is 2. The monoisotopic (exact) mass is 326 g/mol. The Bertz CT molecular complexity index is 751. The van der Waals surface area contributed by atoms with Crippen molar-refractivity contribution in [1.82, 2.24) is 4.90 Å². The first-order chi connectivity index (χ1) is 11.5. The topological polar surface area (TPSA) is 93.8 Å². The third kappa shape index (κ3) is 4.24. The molecule has 2 aromatic carbocycles. The third-order valence-corrected chi connectivity index (χ3v) is 3.52. The number of phenols is 2. The Kier molecular flexibility index (Phi) is 5.77. The summed E-state index contributed by atoms with van der Waals surface area (Å²) in [6.45, 7) is 1.00. The maximum Gasteiger partial charge on any atom is 0.257 e. The van der Waals surface area contributed by atoms with Crippen LogP contribution in [0.5, 0.6) is 11.5 Å². The molecule has 0 bridgehead atoms. The van der Waals surface area contributed by atoms with Gasteiger partial charge in [0, 0.05) is 26.3 Å². The fourth-order valence-electron chi connectivity index (χ4n) is 2.23. The van der Waals surface area contributed by atoms with Gasteiger partial charge in [-0.15, -0.1) is 0 Å². The first-order valence-electron chi connectivity index (χ1n) is 7.34. The number of hydrogen-bond acceptors (Lipinski definition) is 5. The van der Waals surface area contributed by atoms with Crippen molar-refractivity contribution in [3.8, 4) is 17.6 Å². The van der Waals surface area contributed by atoms with Gasteiger partial charge < -0.3 is 19.8 Å². The summed E-state index contributed by atoms with van der Waals surface area (Å²) in [6.07, 6.45) is 0. The highest BCUT2D eigenvalue weighted by molar-refractivity contribution is 5.97.